The number of anilines is 2. The van der Waals surface area contributed by atoms with Crippen molar-refractivity contribution in [3.05, 3.63) is 37.2 Å². The van der Waals surface area contributed by atoms with E-state index in [1.165, 1.54) is 6.33 Å². The molecule has 0 radical (unpaired) electrons. The van der Waals surface area contributed by atoms with Gasteiger partial charge < -0.3 is 15.6 Å². The summed E-state index contributed by atoms with van der Waals surface area (Å²) < 4.78 is 0. The van der Waals surface area contributed by atoms with Crippen LogP contribution in [0.5, 0.6) is 0 Å². The molecule has 0 amide bonds. The fraction of sp³-hybridized carbons (Fsp3) is 0.300. The highest BCUT2D eigenvalue weighted by atomic mass is 32.1. The van der Waals surface area contributed by atoms with Gasteiger partial charge in [0.05, 0.1) is 11.5 Å². The van der Waals surface area contributed by atoms with Crippen LogP contribution < -0.4 is 15.5 Å². The average molecular weight is 296 g/mol. The second-order valence-electron chi connectivity index (χ2n) is 3.73. The van der Waals surface area contributed by atoms with Gasteiger partial charge in [0.1, 0.15) is 6.33 Å². The Balaban J connectivity index is 2.24. The van der Waals surface area contributed by atoms with E-state index in [9.17, 15) is 14.9 Å². The Labute approximate surface area is 117 Å². The lowest BCUT2D eigenvalue weighted by atomic mass is 10.4. The summed E-state index contributed by atoms with van der Waals surface area (Å²) in [6, 6.07) is 0. The van der Waals surface area contributed by atoms with Crippen molar-refractivity contribution in [2.24, 2.45) is 0 Å². The van der Waals surface area contributed by atoms with Gasteiger partial charge in [-0.05, 0) is 6.92 Å². The van der Waals surface area contributed by atoms with Crippen molar-refractivity contribution >= 4 is 28.7 Å². The minimum atomic E-state index is -0.545. The van der Waals surface area contributed by atoms with Gasteiger partial charge in [0, 0.05) is 17.6 Å². The van der Waals surface area contributed by atoms with Crippen LogP contribution in [0.1, 0.15) is 12.6 Å². The molecule has 0 atom stereocenters. The van der Waals surface area contributed by atoms with E-state index in [-0.39, 0.29) is 28.7 Å². The standard InChI is InChI=1S/C10H12N6O3S/c1-2-11-8-7(16(18)19)9(14-5-13-8)12-3-6-4-20-10(17)15-6/h4-5H,2-3H2,1H3,(H,15,17)(H2,11,12,13,14). The van der Waals surface area contributed by atoms with Crippen LogP contribution in [0, 0.1) is 10.1 Å². The van der Waals surface area contributed by atoms with Crippen molar-refractivity contribution < 1.29 is 4.92 Å². The largest absolute Gasteiger partial charge is 0.364 e. The van der Waals surface area contributed by atoms with Gasteiger partial charge in [-0.3, -0.25) is 14.9 Å². The number of H-pyrrole nitrogens is 1. The van der Waals surface area contributed by atoms with Crippen LogP contribution in [0.2, 0.25) is 0 Å². The Hall–Kier alpha value is -2.49. The summed E-state index contributed by atoms with van der Waals surface area (Å²) >= 11 is 1.03. The lowest BCUT2D eigenvalue weighted by Gasteiger charge is -2.08. The Morgan fingerprint density at radius 2 is 2.10 bits per heavy atom. The number of aromatic nitrogens is 3. The molecule has 0 aliphatic heterocycles. The quantitative estimate of drug-likeness (QED) is 0.539. The number of thiazole rings is 1. The fourth-order valence-corrected chi connectivity index (χ4v) is 2.14. The molecular weight excluding hydrogens is 284 g/mol. The third kappa shape index (κ3) is 3.09. The van der Waals surface area contributed by atoms with Crippen LogP contribution in [0.15, 0.2) is 16.5 Å². The van der Waals surface area contributed by atoms with E-state index in [0.717, 1.165) is 11.3 Å². The van der Waals surface area contributed by atoms with Crippen LogP contribution in [-0.2, 0) is 6.54 Å². The first-order valence-electron chi connectivity index (χ1n) is 5.75. The molecule has 9 nitrogen and oxygen atoms in total. The summed E-state index contributed by atoms with van der Waals surface area (Å²) in [7, 11) is 0. The minimum absolute atomic E-state index is 0.105. The number of rotatable bonds is 6. The van der Waals surface area contributed by atoms with Gasteiger partial charge in [0.15, 0.2) is 0 Å². The monoisotopic (exact) mass is 296 g/mol. The third-order valence-electron chi connectivity index (χ3n) is 2.37. The van der Waals surface area contributed by atoms with Crippen molar-refractivity contribution in [3.8, 4) is 0 Å². The summed E-state index contributed by atoms with van der Waals surface area (Å²) in [5.41, 5.74) is 0.421. The summed E-state index contributed by atoms with van der Waals surface area (Å²) in [5.74, 6) is 0.266. The maximum absolute atomic E-state index is 11.1. The first-order valence-corrected chi connectivity index (χ1v) is 6.63. The summed E-state index contributed by atoms with van der Waals surface area (Å²) in [5, 5.41) is 18.4. The van der Waals surface area contributed by atoms with Crippen molar-refractivity contribution in [2.45, 2.75) is 13.5 Å². The molecule has 0 aromatic carbocycles. The Morgan fingerprint density at radius 3 is 2.65 bits per heavy atom. The van der Waals surface area contributed by atoms with Crippen molar-refractivity contribution in [3.63, 3.8) is 0 Å². The first kappa shape index (κ1) is 13.9. The molecule has 0 fully saturated rings. The zero-order valence-corrected chi connectivity index (χ0v) is 11.4. The first-order chi connectivity index (χ1) is 9.61. The number of hydrogen-bond donors (Lipinski definition) is 3. The van der Waals surface area contributed by atoms with Gasteiger partial charge in [-0.1, -0.05) is 11.3 Å². The van der Waals surface area contributed by atoms with E-state index >= 15 is 0 Å². The number of nitrogens with zero attached hydrogens (tertiary/aromatic N) is 3. The van der Waals surface area contributed by atoms with E-state index in [1.54, 1.807) is 5.38 Å². The van der Waals surface area contributed by atoms with Crippen LogP contribution >= 0.6 is 11.3 Å². The molecule has 3 N–H and O–H groups in total. The van der Waals surface area contributed by atoms with Crippen molar-refractivity contribution in [1.29, 1.82) is 0 Å². The van der Waals surface area contributed by atoms with Crippen molar-refractivity contribution in [1.82, 2.24) is 15.0 Å². The van der Waals surface area contributed by atoms with Crippen LogP contribution in [0.3, 0.4) is 0 Å². The maximum atomic E-state index is 11.1. The van der Waals surface area contributed by atoms with E-state index in [2.05, 4.69) is 25.6 Å². The Morgan fingerprint density at radius 1 is 1.40 bits per heavy atom. The van der Waals surface area contributed by atoms with Crippen LogP contribution in [0.25, 0.3) is 0 Å². The molecule has 0 aliphatic rings. The lowest BCUT2D eigenvalue weighted by Crippen LogP contribution is -2.10. The SMILES string of the molecule is CCNc1ncnc(NCc2csc(=O)[nH]2)c1[N+](=O)[O-]. The smallest absolute Gasteiger partial charge is 0.353 e. The highest BCUT2D eigenvalue weighted by Gasteiger charge is 2.22. The Bertz CT molecular complexity index is 667. The normalized spacial score (nSPS) is 10.2. The molecule has 10 heteroatoms. The molecule has 20 heavy (non-hydrogen) atoms. The number of nitrogens with one attached hydrogen (secondary N) is 3. The summed E-state index contributed by atoms with van der Waals surface area (Å²) in [6.07, 6.45) is 1.24. The summed E-state index contributed by atoms with van der Waals surface area (Å²) in [4.78, 5) is 31.7. The van der Waals surface area contributed by atoms with E-state index in [1.807, 2.05) is 6.92 Å². The number of nitro groups is 1. The highest BCUT2D eigenvalue weighted by Crippen LogP contribution is 2.28. The van der Waals surface area contributed by atoms with Gasteiger partial charge >= 0.3 is 10.6 Å². The predicted octanol–water partition coefficient (Wildman–Crippen LogP) is 1.18. The van der Waals surface area contributed by atoms with E-state index in [0.29, 0.717) is 12.2 Å². The van der Waals surface area contributed by atoms with E-state index in [4.69, 9.17) is 0 Å². The summed E-state index contributed by atoms with van der Waals surface area (Å²) in [6.45, 7) is 2.56. The van der Waals surface area contributed by atoms with Gasteiger partial charge in [0.2, 0.25) is 11.6 Å². The predicted molar refractivity (Wildman–Crippen MR) is 75.1 cm³/mol. The van der Waals surface area contributed by atoms with Gasteiger partial charge in [0.25, 0.3) is 0 Å². The number of hydrogen-bond acceptors (Lipinski definition) is 8. The zero-order valence-electron chi connectivity index (χ0n) is 10.5. The highest BCUT2D eigenvalue weighted by molar-refractivity contribution is 7.07. The molecule has 0 bridgehead atoms. The third-order valence-corrected chi connectivity index (χ3v) is 3.08. The van der Waals surface area contributed by atoms with Gasteiger partial charge in [-0.15, -0.1) is 0 Å². The lowest BCUT2D eigenvalue weighted by molar-refractivity contribution is -0.383. The topological polar surface area (TPSA) is 126 Å². The molecule has 0 saturated carbocycles. The second kappa shape index (κ2) is 6.10. The van der Waals surface area contributed by atoms with Gasteiger partial charge in [-0.2, -0.15) is 0 Å². The van der Waals surface area contributed by atoms with Crippen molar-refractivity contribution in [2.75, 3.05) is 17.2 Å². The average Bonchev–Trinajstić information content (AvgIpc) is 2.82. The molecule has 2 aromatic rings. The van der Waals surface area contributed by atoms with E-state index < -0.39 is 4.92 Å². The molecule has 0 saturated heterocycles. The Kier molecular flexibility index (Phi) is 4.25. The molecule has 106 valence electrons. The molecule has 2 rings (SSSR count). The minimum Gasteiger partial charge on any atom is -0.364 e. The van der Waals surface area contributed by atoms with Crippen LogP contribution in [0.4, 0.5) is 17.3 Å². The molecule has 0 aliphatic carbocycles. The maximum Gasteiger partial charge on any atom is 0.353 e. The van der Waals surface area contributed by atoms with Crippen LogP contribution in [-0.4, -0.2) is 26.4 Å². The van der Waals surface area contributed by atoms with Gasteiger partial charge in [-0.25, -0.2) is 9.97 Å². The molecular formula is C10H12N6O3S. The molecule has 0 spiro atoms. The number of aromatic amines is 1. The molecule has 2 heterocycles. The zero-order chi connectivity index (χ0) is 14.5. The second-order valence-corrected chi connectivity index (χ2v) is 4.58. The molecule has 2 aromatic heterocycles. The molecule has 0 unspecified atom stereocenters. The fourth-order valence-electron chi connectivity index (χ4n) is 1.56.